The van der Waals surface area contributed by atoms with E-state index in [4.69, 9.17) is 10.1 Å². The summed E-state index contributed by atoms with van der Waals surface area (Å²) in [6.07, 6.45) is 0. The lowest BCUT2D eigenvalue weighted by molar-refractivity contribution is 0.289. The first-order valence-electron chi connectivity index (χ1n) is 6.44. The number of nitrogens with zero attached hydrogens (tertiary/aromatic N) is 1. The van der Waals surface area contributed by atoms with Crippen molar-refractivity contribution in [3.8, 4) is 5.75 Å². The molecule has 0 spiro atoms. The van der Waals surface area contributed by atoms with Crippen molar-refractivity contribution >= 4 is 5.84 Å². The minimum atomic E-state index is 0.556. The smallest absolute Gasteiger partial charge is 0.128 e. The predicted octanol–water partition coefficient (Wildman–Crippen LogP) is 2.91. The summed E-state index contributed by atoms with van der Waals surface area (Å²) >= 11 is 0. The Hall–Kier alpha value is -2.29. The zero-order chi connectivity index (χ0) is 13.1. The summed E-state index contributed by atoms with van der Waals surface area (Å²) in [5.74, 6) is 1.49. The van der Waals surface area contributed by atoms with Crippen molar-refractivity contribution in [2.45, 2.75) is 6.54 Å². The molecule has 1 aliphatic rings. The van der Waals surface area contributed by atoms with Gasteiger partial charge < -0.3 is 9.64 Å². The van der Waals surface area contributed by atoms with Crippen LogP contribution in [0.3, 0.4) is 0 Å². The molecule has 0 saturated heterocycles. The molecule has 1 heterocycles. The van der Waals surface area contributed by atoms with Gasteiger partial charge in [0.2, 0.25) is 0 Å². The van der Waals surface area contributed by atoms with Crippen LogP contribution < -0.4 is 4.74 Å². The number of rotatable bonds is 1. The molecule has 2 aromatic rings. The lowest BCUT2D eigenvalue weighted by Gasteiger charge is -2.22. The topological polar surface area (TPSA) is 36.3 Å². The quantitative estimate of drug-likeness (QED) is 0.626. The number of amidine groups is 1. The van der Waals surface area contributed by atoms with Gasteiger partial charge in [0, 0.05) is 17.7 Å². The molecule has 0 unspecified atom stereocenters. The Kier molecular flexibility index (Phi) is 3.19. The molecule has 96 valence electrons. The monoisotopic (exact) mass is 252 g/mol. The Morgan fingerprint density at radius 3 is 2.58 bits per heavy atom. The second-order valence-corrected chi connectivity index (χ2v) is 4.59. The van der Waals surface area contributed by atoms with Crippen molar-refractivity contribution in [2.24, 2.45) is 0 Å². The van der Waals surface area contributed by atoms with Crippen LogP contribution in [0, 0.1) is 5.41 Å². The van der Waals surface area contributed by atoms with Gasteiger partial charge in [0.25, 0.3) is 0 Å². The largest absolute Gasteiger partial charge is 0.491 e. The minimum Gasteiger partial charge on any atom is -0.491 e. The number of hydrogen-bond acceptors (Lipinski definition) is 2. The van der Waals surface area contributed by atoms with Crippen LogP contribution in [0.5, 0.6) is 5.75 Å². The van der Waals surface area contributed by atoms with Crippen LogP contribution in [-0.2, 0) is 6.54 Å². The number of nitrogens with one attached hydrogen (secondary N) is 1. The van der Waals surface area contributed by atoms with Crippen molar-refractivity contribution in [3.05, 3.63) is 65.7 Å². The van der Waals surface area contributed by atoms with E-state index in [0.29, 0.717) is 12.4 Å². The summed E-state index contributed by atoms with van der Waals surface area (Å²) in [6, 6.07) is 17.9. The first-order valence-corrected chi connectivity index (χ1v) is 6.44. The molecule has 19 heavy (non-hydrogen) atoms. The van der Waals surface area contributed by atoms with Crippen LogP contribution in [0.1, 0.15) is 11.1 Å². The highest BCUT2D eigenvalue weighted by Crippen LogP contribution is 2.23. The van der Waals surface area contributed by atoms with Crippen LogP contribution >= 0.6 is 0 Å². The number of fused-ring (bicyclic) bond motifs is 1. The fourth-order valence-electron chi connectivity index (χ4n) is 2.30. The first kappa shape index (κ1) is 11.8. The second kappa shape index (κ2) is 5.14. The van der Waals surface area contributed by atoms with E-state index >= 15 is 0 Å². The summed E-state index contributed by atoms with van der Waals surface area (Å²) in [7, 11) is 0. The Bertz CT molecular complexity index is 580. The van der Waals surface area contributed by atoms with Gasteiger partial charge in [0.1, 0.15) is 18.2 Å². The lowest BCUT2D eigenvalue weighted by Crippen LogP contribution is -2.32. The summed E-state index contributed by atoms with van der Waals surface area (Å²) in [5, 5.41) is 8.33. The second-order valence-electron chi connectivity index (χ2n) is 4.59. The molecular weight excluding hydrogens is 236 g/mol. The van der Waals surface area contributed by atoms with Gasteiger partial charge in [-0.3, -0.25) is 5.41 Å². The maximum atomic E-state index is 8.33. The normalized spacial score (nSPS) is 14.2. The SMILES string of the molecule is N=C(c1ccccc1)N1CCOc2ccccc2C1. The van der Waals surface area contributed by atoms with Gasteiger partial charge >= 0.3 is 0 Å². The minimum absolute atomic E-state index is 0.556. The fourth-order valence-corrected chi connectivity index (χ4v) is 2.30. The Morgan fingerprint density at radius 2 is 1.74 bits per heavy atom. The third kappa shape index (κ3) is 2.45. The van der Waals surface area contributed by atoms with Gasteiger partial charge in [-0.2, -0.15) is 0 Å². The first-order chi connectivity index (χ1) is 9.34. The summed E-state index contributed by atoms with van der Waals surface area (Å²) in [4.78, 5) is 2.06. The molecule has 0 aliphatic carbocycles. The van der Waals surface area contributed by atoms with Gasteiger partial charge in [-0.15, -0.1) is 0 Å². The molecule has 2 aromatic carbocycles. The van der Waals surface area contributed by atoms with Crippen LogP contribution in [0.15, 0.2) is 54.6 Å². The van der Waals surface area contributed by atoms with E-state index in [1.807, 2.05) is 48.5 Å². The van der Waals surface area contributed by atoms with E-state index in [0.717, 1.165) is 30.0 Å². The van der Waals surface area contributed by atoms with E-state index < -0.39 is 0 Å². The van der Waals surface area contributed by atoms with Crippen LogP contribution in [0.2, 0.25) is 0 Å². The number of para-hydroxylation sites is 1. The molecule has 3 heteroatoms. The van der Waals surface area contributed by atoms with E-state index in [1.165, 1.54) is 0 Å². The van der Waals surface area contributed by atoms with Crippen molar-refractivity contribution in [1.82, 2.24) is 4.90 Å². The van der Waals surface area contributed by atoms with Crippen LogP contribution in [0.25, 0.3) is 0 Å². The fraction of sp³-hybridized carbons (Fsp3) is 0.188. The van der Waals surface area contributed by atoms with Crippen LogP contribution in [0.4, 0.5) is 0 Å². The molecule has 0 bridgehead atoms. The van der Waals surface area contributed by atoms with E-state index in [2.05, 4.69) is 11.0 Å². The van der Waals surface area contributed by atoms with E-state index in [9.17, 15) is 0 Å². The number of hydrogen-bond donors (Lipinski definition) is 1. The Morgan fingerprint density at radius 1 is 1.00 bits per heavy atom. The zero-order valence-electron chi connectivity index (χ0n) is 10.7. The third-order valence-electron chi connectivity index (χ3n) is 3.32. The molecule has 0 atom stereocenters. The van der Waals surface area contributed by atoms with Crippen LogP contribution in [-0.4, -0.2) is 23.9 Å². The molecule has 1 N–H and O–H groups in total. The molecule has 3 rings (SSSR count). The molecule has 0 aromatic heterocycles. The lowest BCUT2D eigenvalue weighted by atomic mass is 10.1. The highest BCUT2D eigenvalue weighted by Gasteiger charge is 2.17. The molecule has 3 nitrogen and oxygen atoms in total. The van der Waals surface area contributed by atoms with Crippen molar-refractivity contribution < 1.29 is 4.74 Å². The van der Waals surface area contributed by atoms with Crippen molar-refractivity contribution in [1.29, 1.82) is 5.41 Å². The van der Waals surface area contributed by atoms with Gasteiger partial charge in [-0.1, -0.05) is 48.5 Å². The van der Waals surface area contributed by atoms with Crippen molar-refractivity contribution in [2.75, 3.05) is 13.2 Å². The summed E-state index contributed by atoms with van der Waals surface area (Å²) in [5.41, 5.74) is 2.09. The average molecular weight is 252 g/mol. The van der Waals surface area contributed by atoms with Gasteiger partial charge in [0.05, 0.1) is 6.54 Å². The standard InChI is InChI=1S/C16H16N2O/c17-16(13-6-2-1-3-7-13)18-10-11-19-15-9-5-4-8-14(15)12-18/h1-9,17H,10-12H2. The summed E-state index contributed by atoms with van der Waals surface area (Å²) < 4.78 is 5.73. The number of benzene rings is 2. The highest BCUT2D eigenvalue weighted by atomic mass is 16.5. The molecule has 0 fully saturated rings. The molecule has 1 aliphatic heterocycles. The summed E-state index contributed by atoms with van der Waals surface area (Å²) in [6.45, 7) is 2.08. The van der Waals surface area contributed by atoms with Gasteiger partial charge in [-0.25, -0.2) is 0 Å². The molecule has 0 radical (unpaired) electrons. The van der Waals surface area contributed by atoms with Gasteiger partial charge in [-0.05, 0) is 6.07 Å². The average Bonchev–Trinajstić information content (AvgIpc) is 2.69. The van der Waals surface area contributed by atoms with Gasteiger partial charge in [0.15, 0.2) is 0 Å². The third-order valence-corrected chi connectivity index (χ3v) is 3.32. The van der Waals surface area contributed by atoms with E-state index in [1.54, 1.807) is 0 Å². The maximum absolute atomic E-state index is 8.33. The predicted molar refractivity (Wildman–Crippen MR) is 75.6 cm³/mol. The van der Waals surface area contributed by atoms with Crippen molar-refractivity contribution in [3.63, 3.8) is 0 Å². The molecular formula is C16H16N2O. The molecule has 0 amide bonds. The highest BCUT2D eigenvalue weighted by molar-refractivity contribution is 5.96. The Labute approximate surface area is 113 Å². The number of ether oxygens (including phenoxy) is 1. The zero-order valence-corrected chi connectivity index (χ0v) is 10.7. The van der Waals surface area contributed by atoms with E-state index in [-0.39, 0.29) is 0 Å². The molecule has 0 saturated carbocycles. The maximum Gasteiger partial charge on any atom is 0.128 e. The Balaban J connectivity index is 1.85.